The third kappa shape index (κ3) is 1.93. The van der Waals surface area contributed by atoms with E-state index in [1.165, 1.54) is 11.1 Å². The van der Waals surface area contributed by atoms with E-state index in [2.05, 4.69) is 23.6 Å². The molecule has 0 aromatic heterocycles. The van der Waals surface area contributed by atoms with E-state index in [0.717, 1.165) is 13.0 Å². The molecule has 1 aromatic carbocycles. The van der Waals surface area contributed by atoms with Crippen molar-refractivity contribution in [3.8, 4) is 0 Å². The summed E-state index contributed by atoms with van der Waals surface area (Å²) in [6.45, 7) is 5.03. The Kier molecular flexibility index (Phi) is 2.60. The number of hydrogen-bond acceptors (Lipinski definition) is 2. The van der Waals surface area contributed by atoms with Gasteiger partial charge in [0.2, 0.25) is 0 Å². The molecule has 2 aliphatic heterocycles. The number of fused-ring (bicyclic) bond motifs is 1. The Morgan fingerprint density at radius 1 is 1.12 bits per heavy atom. The molecule has 3 rings (SSSR count). The zero-order valence-corrected chi connectivity index (χ0v) is 9.93. The molecule has 2 heterocycles. The smallest absolute Gasteiger partial charge is 0.136 e. The van der Waals surface area contributed by atoms with Gasteiger partial charge in [0.25, 0.3) is 0 Å². The van der Waals surface area contributed by atoms with Gasteiger partial charge in [-0.05, 0) is 12.0 Å². The van der Waals surface area contributed by atoms with Crippen LogP contribution in [0.3, 0.4) is 0 Å². The molecule has 2 nitrogen and oxygen atoms in total. The van der Waals surface area contributed by atoms with E-state index in [1.54, 1.807) is 0 Å². The minimum absolute atomic E-state index is 0.265. The molecule has 88 valence electrons. The Morgan fingerprint density at radius 3 is 2.65 bits per heavy atom. The third-order valence-electron chi connectivity index (χ3n) is 3.87. The molecule has 0 radical (unpaired) electrons. The fourth-order valence-electron chi connectivity index (χ4n) is 3.12. The summed E-state index contributed by atoms with van der Waals surface area (Å²) in [7, 11) is 0. The van der Waals surface area contributed by atoms with Crippen LogP contribution in [0.2, 0.25) is 0 Å². The van der Waals surface area contributed by atoms with E-state index < -0.39 is 0 Å². The lowest BCUT2D eigenvalue weighted by atomic mass is 9.91. The number of nitrogens with zero attached hydrogens (tertiary/aromatic N) is 1. The first-order chi connectivity index (χ1) is 8.24. The molecule has 0 amide bonds. The first-order valence-electron chi connectivity index (χ1n) is 6.23. The van der Waals surface area contributed by atoms with Crippen LogP contribution in [0.15, 0.2) is 42.5 Å². The van der Waals surface area contributed by atoms with E-state index >= 15 is 0 Å². The van der Waals surface area contributed by atoms with Crippen LogP contribution in [0.5, 0.6) is 0 Å². The van der Waals surface area contributed by atoms with Gasteiger partial charge in [-0.3, -0.25) is 9.69 Å². The average molecular weight is 227 g/mol. The monoisotopic (exact) mass is 227 g/mol. The number of benzene rings is 1. The maximum absolute atomic E-state index is 11.8. The van der Waals surface area contributed by atoms with Crippen molar-refractivity contribution in [3.63, 3.8) is 0 Å². The molecule has 17 heavy (non-hydrogen) atoms. The van der Waals surface area contributed by atoms with Crippen molar-refractivity contribution in [1.82, 2.24) is 4.90 Å². The summed E-state index contributed by atoms with van der Waals surface area (Å²) in [6.07, 6.45) is 2.37. The molecular weight excluding hydrogens is 210 g/mol. The second-order valence-electron chi connectivity index (χ2n) is 5.15. The van der Waals surface area contributed by atoms with Gasteiger partial charge in [0.15, 0.2) is 0 Å². The van der Waals surface area contributed by atoms with E-state index in [-0.39, 0.29) is 6.04 Å². The molecular formula is C15H17NO. The number of ketones is 1. The Hall–Kier alpha value is -1.41. The maximum Gasteiger partial charge on any atom is 0.136 e. The summed E-state index contributed by atoms with van der Waals surface area (Å²) >= 11 is 0. The highest BCUT2D eigenvalue weighted by atomic mass is 16.1. The average Bonchev–Trinajstić information content (AvgIpc) is 2.69. The van der Waals surface area contributed by atoms with Crippen molar-refractivity contribution < 1.29 is 4.79 Å². The Bertz CT molecular complexity index is 451. The molecule has 2 atom stereocenters. The number of carbonyl (C=O) groups is 1. The van der Waals surface area contributed by atoms with Crippen LogP contribution >= 0.6 is 0 Å². The van der Waals surface area contributed by atoms with Crippen molar-refractivity contribution in [2.24, 2.45) is 0 Å². The number of carbonyl (C=O) groups excluding carboxylic acids is 1. The highest BCUT2D eigenvalue weighted by Gasteiger charge is 2.39. The first kappa shape index (κ1) is 10.7. The largest absolute Gasteiger partial charge is 0.300 e. The van der Waals surface area contributed by atoms with Crippen molar-refractivity contribution >= 4 is 5.78 Å². The zero-order chi connectivity index (χ0) is 11.8. The van der Waals surface area contributed by atoms with Crippen LogP contribution in [0, 0.1) is 0 Å². The van der Waals surface area contributed by atoms with E-state index in [0.29, 0.717) is 24.7 Å². The predicted octanol–water partition coefficient (Wildman–Crippen LogP) is 2.72. The number of rotatable bonds is 1. The summed E-state index contributed by atoms with van der Waals surface area (Å²) in [6, 6.07) is 11.0. The molecule has 2 aliphatic rings. The van der Waals surface area contributed by atoms with Crippen LogP contribution in [-0.4, -0.2) is 23.3 Å². The molecule has 0 aliphatic carbocycles. The van der Waals surface area contributed by atoms with E-state index in [9.17, 15) is 4.79 Å². The predicted molar refractivity (Wildman–Crippen MR) is 67.7 cm³/mol. The number of hydrogen-bond donors (Lipinski definition) is 0. The minimum atomic E-state index is 0.265. The number of Topliss-reactive ketones (excluding diaryl/α,β-unsaturated/α-hetero) is 1. The normalized spacial score (nSPS) is 29.4. The van der Waals surface area contributed by atoms with Crippen molar-refractivity contribution in [2.75, 3.05) is 6.54 Å². The molecule has 2 fully saturated rings. The van der Waals surface area contributed by atoms with Gasteiger partial charge >= 0.3 is 0 Å². The molecule has 0 unspecified atom stereocenters. The highest BCUT2D eigenvalue weighted by Crippen LogP contribution is 2.39. The Balaban J connectivity index is 1.92. The number of piperidine rings is 1. The maximum atomic E-state index is 11.8. The topological polar surface area (TPSA) is 20.3 Å². The quantitative estimate of drug-likeness (QED) is 0.687. The van der Waals surface area contributed by atoms with Crippen molar-refractivity contribution in [1.29, 1.82) is 0 Å². The van der Waals surface area contributed by atoms with Gasteiger partial charge in [-0.25, -0.2) is 0 Å². The van der Waals surface area contributed by atoms with Gasteiger partial charge in [-0.1, -0.05) is 42.5 Å². The van der Waals surface area contributed by atoms with Gasteiger partial charge in [0.1, 0.15) is 5.78 Å². The van der Waals surface area contributed by atoms with Crippen LogP contribution < -0.4 is 0 Å². The van der Waals surface area contributed by atoms with Crippen LogP contribution in [0.1, 0.15) is 30.9 Å². The zero-order valence-electron chi connectivity index (χ0n) is 9.93. The molecule has 2 heteroatoms. The van der Waals surface area contributed by atoms with E-state index in [1.807, 2.05) is 18.2 Å². The summed E-state index contributed by atoms with van der Waals surface area (Å²) < 4.78 is 0. The summed E-state index contributed by atoms with van der Waals surface area (Å²) in [4.78, 5) is 14.3. The summed E-state index contributed by atoms with van der Waals surface area (Å²) in [5.74, 6) is 0.398. The van der Waals surface area contributed by atoms with Crippen LogP contribution in [0.25, 0.3) is 0 Å². The summed E-state index contributed by atoms with van der Waals surface area (Å²) in [5, 5.41) is 0. The van der Waals surface area contributed by atoms with Crippen LogP contribution in [0.4, 0.5) is 0 Å². The molecule has 0 spiro atoms. The SMILES string of the molecule is C=C1C[C@H]2CC(=O)C[C@H](c3ccccc3)N2C1. The third-order valence-corrected chi connectivity index (χ3v) is 3.87. The fraction of sp³-hybridized carbons (Fsp3) is 0.400. The van der Waals surface area contributed by atoms with Gasteiger partial charge in [-0.15, -0.1) is 0 Å². The second-order valence-corrected chi connectivity index (χ2v) is 5.15. The van der Waals surface area contributed by atoms with E-state index in [4.69, 9.17) is 0 Å². The minimum Gasteiger partial charge on any atom is -0.300 e. The fourth-order valence-corrected chi connectivity index (χ4v) is 3.12. The lowest BCUT2D eigenvalue weighted by molar-refractivity contribution is -0.124. The lowest BCUT2D eigenvalue weighted by Gasteiger charge is -2.36. The van der Waals surface area contributed by atoms with Crippen molar-refractivity contribution in [3.05, 3.63) is 48.0 Å². The Labute approximate surface area is 102 Å². The van der Waals surface area contributed by atoms with Crippen molar-refractivity contribution in [2.45, 2.75) is 31.3 Å². The molecule has 0 N–H and O–H groups in total. The van der Waals surface area contributed by atoms with Gasteiger partial charge in [-0.2, -0.15) is 0 Å². The standard InChI is InChI=1S/C15H17NO/c1-11-7-13-8-14(17)9-15(16(13)10-11)12-5-3-2-4-6-12/h2-6,13,15H,1,7-10H2/t13-,15+/m0/s1. The van der Waals surface area contributed by atoms with Gasteiger partial charge in [0, 0.05) is 31.5 Å². The molecule has 1 aromatic rings. The van der Waals surface area contributed by atoms with Gasteiger partial charge in [0.05, 0.1) is 0 Å². The highest BCUT2D eigenvalue weighted by molar-refractivity contribution is 5.81. The lowest BCUT2D eigenvalue weighted by Crippen LogP contribution is -2.40. The molecule has 0 bridgehead atoms. The van der Waals surface area contributed by atoms with Crippen LogP contribution in [-0.2, 0) is 4.79 Å². The second kappa shape index (κ2) is 4.11. The van der Waals surface area contributed by atoms with Gasteiger partial charge < -0.3 is 0 Å². The molecule has 2 saturated heterocycles. The Morgan fingerprint density at radius 2 is 1.88 bits per heavy atom. The summed E-state index contributed by atoms with van der Waals surface area (Å²) in [5.41, 5.74) is 2.53. The first-order valence-corrected chi connectivity index (χ1v) is 6.23. The molecule has 0 saturated carbocycles.